The second-order valence-electron chi connectivity index (χ2n) is 9.00. The van der Waals surface area contributed by atoms with Crippen LogP contribution >= 0.6 is 0 Å². The van der Waals surface area contributed by atoms with Crippen LogP contribution in [0.2, 0.25) is 0 Å². The van der Waals surface area contributed by atoms with E-state index in [9.17, 15) is 9.59 Å². The molecule has 0 spiro atoms. The summed E-state index contributed by atoms with van der Waals surface area (Å²) in [6.45, 7) is 8.11. The zero-order chi connectivity index (χ0) is 22.0. The minimum Gasteiger partial charge on any atom is -0.371 e. The molecule has 0 radical (unpaired) electrons. The number of piperidine rings is 1. The number of rotatable bonds is 5. The molecule has 0 bridgehead atoms. The Labute approximate surface area is 184 Å². The first-order valence-electron chi connectivity index (χ1n) is 11.2. The van der Waals surface area contributed by atoms with E-state index >= 15 is 0 Å². The molecule has 2 aromatic carbocycles. The van der Waals surface area contributed by atoms with Crippen LogP contribution in [-0.2, 0) is 0 Å². The van der Waals surface area contributed by atoms with Gasteiger partial charge in [0.1, 0.15) is 0 Å². The summed E-state index contributed by atoms with van der Waals surface area (Å²) >= 11 is 0. The van der Waals surface area contributed by atoms with Gasteiger partial charge in [0.2, 0.25) is 0 Å². The monoisotopic (exact) mass is 420 g/mol. The van der Waals surface area contributed by atoms with Crippen molar-refractivity contribution in [1.29, 1.82) is 0 Å². The largest absolute Gasteiger partial charge is 0.371 e. The van der Waals surface area contributed by atoms with Crippen molar-refractivity contribution in [1.82, 2.24) is 5.32 Å². The van der Waals surface area contributed by atoms with E-state index in [0.717, 1.165) is 67.2 Å². The van der Waals surface area contributed by atoms with E-state index in [4.69, 9.17) is 0 Å². The lowest BCUT2D eigenvalue weighted by Crippen LogP contribution is -2.35. The maximum Gasteiger partial charge on any atom is 0.323 e. The highest BCUT2D eigenvalue weighted by Gasteiger charge is 2.27. The number of amides is 3. The van der Waals surface area contributed by atoms with Crippen LogP contribution in [-0.4, -0.2) is 31.1 Å². The summed E-state index contributed by atoms with van der Waals surface area (Å²) in [6.07, 6.45) is 4.33. The van der Waals surface area contributed by atoms with Crippen molar-refractivity contribution in [3.05, 3.63) is 53.1 Å². The van der Waals surface area contributed by atoms with Crippen LogP contribution in [0.4, 0.5) is 21.9 Å². The molecule has 6 heteroatoms. The summed E-state index contributed by atoms with van der Waals surface area (Å²) < 4.78 is 0. The van der Waals surface area contributed by atoms with Crippen LogP contribution in [0.15, 0.2) is 36.4 Å². The van der Waals surface area contributed by atoms with Crippen molar-refractivity contribution < 1.29 is 9.59 Å². The van der Waals surface area contributed by atoms with Gasteiger partial charge in [-0.15, -0.1) is 0 Å². The van der Waals surface area contributed by atoms with Gasteiger partial charge < -0.3 is 20.9 Å². The number of urea groups is 1. The van der Waals surface area contributed by atoms with E-state index < -0.39 is 0 Å². The van der Waals surface area contributed by atoms with E-state index in [0.29, 0.717) is 11.3 Å². The standard InChI is InChI=1S/C25H32N4O2/c1-16-11-13-29(14-12-16)22-10-9-20(15-21(22)24(30)26-19-7-8-19)27-25(31)28-23-17(2)5-4-6-18(23)3/h4-6,9-10,15-16,19H,7-8,11-14H2,1-3H3,(H,26,30)(H2,27,28,31). The summed E-state index contributed by atoms with van der Waals surface area (Å²) in [7, 11) is 0. The van der Waals surface area contributed by atoms with Gasteiger partial charge in [0.25, 0.3) is 5.91 Å². The third-order valence-electron chi connectivity index (χ3n) is 6.26. The van der Waals surface area contributed by atoms with Crippen LogP contribution in [0.25, 0.3) is 0 Å². The fraction of sp³-hybridized carbons (Fsp3) is 0.440. The lowest BCUT2D eigenvalue weighted by Gasteiger charge is -2.33. The normalized spacial score (nSPS) is 16.7. The number of nitrogens with zero attached hydrogens (tertiary/aromatic N) is 1. The highest BCUT2D eigenvalue weighted by atomic mass is 16.2. The van der Waals surface area contributed by atoms with Crippen LogP contribution in [0.3, 0.4) is 0 Å². The molecule has 1 aliphatic heterocycles. The molecule has 2 fully saturated rings. The van der Waals surface area contributed by atoms with Gasteiger partial charge in [-0.1, -0.05) is 25.1 Å². The van der Waals surface area contributed by atoms with Crippen LogP contribution in [0.5, 0.6) is 0 Å². The van der Waals surface area contributed by atoms with Crippen LogP contribution in [0.1, 0.15) is 54.1 Å². The van der Waals surface area contributed by atoms with Crippen molar-refractivity contribution in [2.24, 2.45) is 5.92 Å². The minimum atomic E-state index is -0.314. The first-order valence-corrected chi connectivity index (χ1v) is 11.2. The van der Waals surface area contributed by atoms with Crippen LogP contribution < -0.4 is 20.9 Å². The molecule has 1 aliphatic carbocycles. The molecule has 2 aromatic rings. The predicted octanol–water partition coefficient (Wildman–Crippen LogP) is 5.08. The number of nitrogens with one attached hydrogen (secondary N) is 3. The molecule has 2 aliphatic rings. The maximum atomic E-state index is 13.0. The zero-order valence-corrected chi connectivity index (χ0v) is 18.6. The lowest BCUT2D eigenvalue weighted by molar-refractivity contribution is 0.0951. The molecule has 31 heavy (non-hydrogen) atoms. The Morgan fingerprint density at radius 3 is 2.26 bits per heavy atom. The summed E-state index contributed by atoms with van der Waals surface area (Å²) in [5.74, 6) is 0.657. The molecular weight excluding hydrogens is 388 g/mol. The molecule has 3 amide bonds. The molecule has 1 saturated carbocycles. The second kappa shape index (κ2) is 9.00. The Balaban J connectivity index is 1.53. The number of para-hydroxylation sites is 1. The topological polar surface area (TPSA) is 73.5 Å². The molecule has 6 nitrogen and oxygen atoms in total. The number of aryl methyl sites for hydroxylation is 2. The maximum absolute atomic E-state index is 13.0. The summed E-state index contributed by atoms with van der Waals surface area (Å²) in [6, 6.07) is 11.5. The van der Waals surface area contributed by atoms with Crippen molar-refractivity contribution in [3.8, 4) is 0 Å². The Morgan fingerprint density at radius 1 is 0.935 bits per heavy atom. The van der Waals surface area contributed by atoms with Gasteiger partial charge >= 0.3 is 6.03 Å². The summed E-state index contributed by atoms with van der Waals surface area (Å²) in [4.78, 5) is 27.9. The third-order valence-corrected chi connectivity index (χ3v) is 6.26. The van der Waals surface area contributed by atoms with E-state index in [1.807, 2.05) is 44.2 Å². The Kier molecular flexibility index (Phi) is 6.16. The van der Waals surface area contributed by atoms with E-state index in [2.05, 4.69) is 27.8 Å². The molecular formula is C25H32N4O2. The first kappa shape index (κ1) is 21.2. The molecule has 4 rings (SSSR count). The van der Waals surface area contributed by atoms with Gasteiger partial charge in [0.05, 0.1) is 5.56 Å². The molecule has 0 atom stereocenters. The SMILES string of the molecule is Cc1cccc(C)c1NC(=O)Nc1ccc(N2CCC(C)CC2)c(C(=O)NC2CC2)c1. The van der Waals surface area contributed by atoms with Crippen LogP contribution in [0, 0.1) is 19.8 Å². The number of carbonyl (C=O) groups excluding carboxylic acids is 2. The van der Waals surface area contributed by atoms with Crippen molar-refractivity contribution in [2.45, 2.75) is 52.5 Å². The summed E-state index contributed by atoms with van der Waals surface area (Å²) in [5, 5.41) is 8.94. The smallest absolute Gasteiger partial charge is 0.323 e. The van der Waals surface area contributed by atoms with E-state index in [1.54, 1.807) is 6.07 Å². The van der Waals surface area contributed by atoms with Gasteiger partial charge in [0, 0.05) is 36.2 Å². The van der Waals surface area contributed by atoms with Crippen molar-refractivity contribution in [3.63, 3.8) is 0 Å². The first-order chi connectivity index (χ1) is 14.9. The average Bonchev–Trinajstić information content (AvgIpc) is 3.55. The molecule has 0 unspecified atom stereocenters. The van der Waals surface area contributed by atoms with Crippen molar-refractivity contribution >= 4 is 29.0 Å². The number of carbonyl (C=O) groups is 2. The van der Waals surface area contributed by atoms with Gasteiger partial charge in [-0.25, -0.2) is 4.79 Å². The highest BCUT2D eigenvalue weighted by molar-refractivity contribution is 6.04. The zero-order valence-electron chi connectivity index (χ0n) is 18.6. The second-order valence-corrected chi connectivity index (χ2v) is 9.00. The third kappa shape index (κ3) is 5.19. The molecule has 0 aromatic heterocycles. The van der Waals surface area contributed by atoms with Crippen molar-refractivity contribution in [2.75, 3.05) is 28.6 Å². The number of hydrogen-bond donors (Lipinski definition) is 3. The number of benzene rings is 2. The van der Waals surface area contributed by atoms with E-state index in [1.165, 1.54) is 0 Å². The number of hydrogen-bond acceptors (Lipinski definition) is 3. The predicted molar refractivity (Wildman–Crippen MR) is 126 cm³/mol. The van der Waals surface area contributed by atoms with Gasteiger partial charge in [0.15, 0.2) is 0 Å². The fourth-order valence-electron chi connectivity index (χ4n) is 4.10. The Hall–Kier alpha value is -3.02. The Morgan fingerprint density at radius 2 is 1.61 bits per heavy atom. The number of anilines is 3. The Bertz CT molecular complexity index is 955. The fourth-order valence-corrected chi connectivity index (χ4v) is 4.10. The van der Waals surface area contributed by atoms with Gasteiger partial charge in [-0.3, -0.25) is 4.79 Å². The summed E-state index contributed by atoms with van der Waals surface area (Å²) in [5.41, 5.74) is 5.02. The van der Waals surface area contributed by atoms with Gasteiger partial charge in [-0.05, 0) is 74.8 Å². The molecule has 1 heterocycles. The lowest BCUT2D eigenvalue weighted by atomic mass is 9.98. The minimum absolute atomic E-state index is 0.0603. The average molecular weight is 421 g/mol. The highest BCUT2D eigenvalue weighted by Crippen LogP contribution is 2.30. The molecule has 1 saturated heterocycles. The molecule has 164 valence electrons. The molecule has 3 N–H and O–H groups in total. The van der Waals surface area contributed by atoms with Gasteiger partial charge in [-0.2, -0.15) is 0 Å². The van der Waals surface area contributed by atoms with E-state index in [-0.39, 0.29) is 18.0 Å². The quantitative estimate of drug-likeness (QED) is 0.632.